The molecule has 0 aliphatic heterocycles. The summed E-state index contributed by atoms with van der Waals surface area (Å²) in [7, 11) is -1.02. The van der Waals surface area contributed by atoms with Crippen LogP contribution in [0.25, 0.3) is 0 Å². The van der Waals surface area contributed by atoms with Crippen molar-refractivity contribution < 1.29 is 27.5 Å². The molecule has 2 aromatic carbocycles. The van der Waals surface area contributed by atoms with Crippen molar-refractivity contribution in [3.8, 4) is 11.5 Å². The van der Waals surface area contributed by atoms with Crippen LogP contribution in [0.15, 0.2) is 42.5 Å². The first kappa shape index (κ1) is 27.3. The van der Waals surface area contributed by atoms with Crippen molar-refractivity contribution in [2.75, 3.05) is 37.9 Å². The maximum Gasteiger partial charge on any atom is 0.244 e. The van der Waals surface area contributed by atoms with Crippen LogP contribution in [0.4, 0.5) is 5.69 Å². The smallest absolute Gasteiger partial charge is 0.244 e. The van der Waals surface area contributed by atoms with E-state index >= 15 is 0 Å². The van der Waals surface area contributed by atoms with Crippen molar-refractivity contribution in [2.24, 2.45) is 0 Å². The molecule has 186 valence electrons. The van der Waals surface area contributed by atoms with Gasteiger partial charge in [0.05, 0.1) is 26.2 Å². The lowest BCUT2D eigenvalue weighted by atomic mass is 10.1. The number of hydrogen-bond acceptors (Lipinski definition) is 6. The predicted molar refractivity (Wildman–Crippen MR) is 132 cm³/mol. The lowest BCUT2D eigenvalue weighted by Crippen LogP contribution is -2.51. The van der Waals surface area contributed by atoms with E-state index in [2.05, 4.69) is 5.32 Å². The first-order valence-electron chi connectivity index (χ1n) is 10.5. The number of anilines is 1. The van der Waals surface area contributed by atoms with Gasteiger partial charge in [0, 0.05) is 24.2 Å². The van der Waals surface area contributed by atoms with Crippen molar-refractivity contribution in [3.63, 3.8) is 0 Å². The highest BCUT2D eigenvalue weighted by atomic mass is 35.5. The van der Waals surface area contributed by atoms with Gasteiger partial charge in [-0.15, -0.1) is 0 Å². The first-order chi connectivity index (χ1) is 16.0. The van der Waals surface area contributed by atoms with Gasteiger partial charge in [-0.25, -0.2) is 8.42 Å². The molecule has 0 heterocycles. The van der Waals surface area contributed by atoms with Crippen LogP contribution in [0.5, 0.6) is 11.5 Å². The minimum Gasteiger partial charge on any atom is -0.497 e. The molecule has 0 aliphatic carbocycles. The van der Waals surface area contributed by atoms with Gasteiger partial charge in [0.1, 0.15) is 24.1 Å². The van der Waals surface area contributed by atoms with E-state index in [1.807, 2.05) is 0 Å². The molecule has 9 nitrogen and oxygen atoms in total. The molecule has 0 saturated heterocycles. The molecule has 0 saturated carbocycles. The second-order valence-electron chi connectivity index (χ2n) is 7.53. The second-order valence-corrected chi connectivity index (χ2v) is 9.87. The summed E-state index contributed by atoms with van der Waals surface area (Å²) in [4.78, 5) is 27.4. The van der Waals surface area contributed by atoms with Crippen LogP contribution in [0.2, 0.25) is 5.02 Å². The lowest BCUT2D eigenvalue weighted by Gasteiger charge is -2.31. The number of sulfonamides is 1. The maximum absolute atomic E-state index is 13.5. The number of halogens is 1. The van der Waals surface area contributed by atoms with E-state index in [1.165, 1.54) is 31.3 Å². The Labute approximate surface area is 205 Å². The highest BCUT2D eigenvalue weighted by Gasteiger charge is 2.31. The third-order valence-electron chi connectivity index (χ3n) is 5.12. The Bertz CT molecular complexity index is 1110. The van der Waals surface area contributed by atoms with Crippen LogP contribution in [-0.2, 0) is 26.2 Å². The van der Waals surface area contributed by atoms with Crippen LogP contribution >= 0.6 is 11.6 Å². The summed E-state index contributed by atoms with van der Waals surface area (Å²) < 4.78 is 36.8. The standard InChI is InChI=1S/C23H30ClN3O6S/c1-6-25-23(29)16(2)26(14-17-7-9-18(24)10-8-17)22(28)15-27(34(5,30)31)20-12-11-19(32-3)13-21(20)33-4/h7-13,16H,6,14-15H2,1-5H3,(H,25,29)/t16-/m0/s1. The predicted octanol–water partition coefficient (Wildman–Crippen LogP) is 2.68. The van der Waals surface area contributed by atoms with E-state index in [0.29, 0.717) is 17.3 Å². The number of likely N-dealkylation sites (N-methyl/N-ethyl adjacent to an activating group) is 1. The molecule has 0 spiro atoms. The number of benzene rings is 2. The fraction of sp³-hybridized carbons (Fsp3) is 0.391. The van der Waals surface area contributed by atoms with Gasteiger partial charge in [0.2, 0.25) is 21.8 Å². The number of carbonyl (C=O) groups is 2. The summed E-state index contributed by atoms with van der Waals surface area (Å²) in [5, 5.41) is 3.24. The van der Waals surface area contributed by atoms with Crippen molar-refractivity contribution >= 4 is 39.1 Å². The Morgan fingerprint density at radius 2 is 1.74 bits per heavy atom. The third-order valence-corrected chi connectivity index (χ3v) is 6.50. The van der Waals surface area contributed by atoms with Gasteiger partial charge < -0.3 is 19.7 Å². The fourth-order valence-corrected chi connectivity index (χ4v) is 4.26. The van der Waals surface area contributed by atoms with Gasteiger partial charge in [-0.2, -0.15) is 0 Å². The zero-order chi connectivity index (χ0) is 25.5. The zero-order valence-electron chi connectivity index (χ0n) is 19.9. The average Bonchev–Trinajstić information content (AvgIpc) is 2.80. The van der Waals surface area contributed by atoms with E-state index in [4.69, 9.17) is 21.1 Å². The van der Waals surface area contributed by atoms with Crippen LogP contribution < -0.4 is 19.1 Å². The van der Waals surface area contributed by atoms with Crippen molar-refractivity contribution in [1.82, 2.24) is 10.2 Å². The van der Waals surface area contributed by atoms with Gasteiger partial charge in [0.25, 0.3) is 0 Å². The second kappa shape index (κ2) is 11.9. The molecule has 34 heavy (non-hydrogen) atoms. The number of methoxy groups -OCH3 is 2. The quantitative estimate of drug-likeness (QED) is 0.497. The summed E-state index contributed by atoms with van der Waals surface area (Å²) in [6.07, 6.45) is 1.00. The van der Waals surface area contributed by atoms with Crippen molar-refractivity contribution in [1.29, 1.82) is 0 Å². The number of hydrogen-bond donors (Lipinski definition) is 1. The van der Waals surface area contributed by atoms with E-state index in [1.54, 1.807) is 44.2 Å². The normalized spacial score (nSPS) is 11.9. The van der Waals surface area contributed by atoms with Gasteiger partial charge in [-0.1, -0.05) is 23.7 Å². The molecule has 2 amide bonds. The molecule has 0 aliphatic rings. The summed E-state index contributed by atoms with van der Waals surface area (Å²) in [5.41, 5.74) is 0.915. The van der Waals surface area contributed by atoms with Crippen LogP contribution in [-0.4, -0.2) is 64.7 Å². The van der Waals surface area contributed by atoms with E-state index in [9.17, 15) is 18.0 Å². The Morgan fingerprint density at radius 1 is 1.09 bits per heavy atom. The minimum absolute atomic E-state index is 0.0889. The Kier molecular flexibility index (Phi) is 9.57. The first-order valence-corrected chi connectivity index (χ1v) is 12.8. The van der Waals surface area contributed by atoms with Crippen LogP contribution in [0.1, 0.15) is 19.4 Å². The highest BCUT2D eigenvalue weighted by Crippen LogP contribution is 2.33. The summed E-state index contributed by atoms with van der Waals surface area (Å²) in [5.74, 6) is -0.219. The van der Waals surface area contributed by atoms with Gasteiger partial charge in [0.15, 0.2) is 0 Å². The minimum atomic E-state index is -3.89. The van der Waals surface area contributed by atoms with Crippen LogP contribution in [0.3, 0.4) is 0 Å². The number of amides is 2. The van der Waals surface area contributed by atoms with E-state index in [-0.39, 0.29) is 23.9 Å². The lowest BCUT2D eigenvalue weighted by molar-refractivity contribution is -0.139. The fourth-order valence-electron chi connectivity index (χ4n) is 3.28. The number of nitrogens with zero attached hydrogens (tertiary/aromatic N) is 2. The molecule has 0 fully saturated rings. The molecule has 0 radical (unpaired) electrons. The van der Waals surface area contributed by atoms with Crippen molar-refractivity contribution in [2.45, 2.75) is 26.4 Å². The van der Waals surface area contributed by atoms with Gasteiger partial charge >= 0.3 is 0 Å². The molecule has 0 bridgehead atoms. The summed E-state index contributed by atoms with van der Waals surface area (Å²) in [6, 6.07) is 10.6. The number of ether oxygens (including phenoxy) is 2. The topological polar surface area (TPSA) is 105 Å². The number of carbonyl (C=O) groups excluding carboxylic acids is 2. The zero-order valence-corrected chi connectivity index (χ0v) is 21.4. The van der Waals surface area contributed by atoms with Crippen molar-refractivity contribution in [3.05, 3.63) is 53.1 Å². The molecular weight excluding hydrogens is 482 g/mol. The monoisotopic (exact) mass is 511 g/mol. The van der Waals surface area contributed by atoms with E-state index < -0.39 is 28.5 Å². The molecular formula is C23H30ClN3O6S. The Balaban J connectivity index is 2.44. The third kappa shape index (κ3) is 7.01. The summed E-state index contributed by atoms with van der Waals surface area (Å²) >= 11 is 5.96. The molecule has 1 atom stereocenters. The molecule has 2 rings (SSSR count). The Morgan fingerprint density at radius 3 is 2.26 bits per heavy atom. The molecule has 1 N–H and O–H groups in total. The average molecular weight is 512 g/mol. The molecule has 0 aromatic heterocycles. The maximum atomic E-state index is 13.5. The molecule has 11 heteroatoms. The number of rotatable bonds is 11. The largest absolute Gasteiger partial charge is 0.497 e. The molecule has 0 unspecified atom stereocenters. The summed E-state index contributed by atoms with van der Waals surface area (Å²) in [6.45, 7) is 3.32. The highest BCUT2D eigenvalue weighted by molar-refractivity contribution is 7.92. The van der Waals surface area contributed by atoms with Gasteiger partial charge in [-0.05, 0) is 43.7 Å². The van der Waals surface area contributed by atoms with Crippen LogP contribution in [0, 0.1) is 0 Å². The molecule has 2 aromatic rings. The SMILES string of the molecule is CCNC(=O)[C@H](C)N(Cc1ccc(Cl)cc1)C(=O)CN(c1ccc(OC)cc1OC)S(C)(=O)=O. The van der Waals surface area contributed by atoms with E-state index in [0.717, 1.165) is 16.1 Å². The van der Waals surface area contributed by atoms with Gasteiger partial charge in [-0.3, -0.25) is 13.9 Å². The Hall–Kier alpha value is -2.98. The number of nitrogens with one attached hydrogen (secondary N) is 1.